The quantitative estimate of drug-likeness (QED) is 0.548. The van der Waals surface area contributed by atoms with Gasteiger partial charge in [-0.25, -0.2) is 0 Å². The molecule has 0 fully saturated rings. The molecule has 1 rings (SSSR count). The molecule has 0 heterocycles. The van der Waals surface area contributed by atoms with E-state index in [-0.39, 0.29) is 10.7 Å². The van der Waals surface area contributed by atoms with Crippen LogP contribution < -0.4 is 5.32 Å². The van der Waals surface area contributed by atoms with E-state index in [0.717, 1.165) is 20.2 Å². The van der Waals surface area contributed by atoms with Crippen molar-refractivity contribution in [3.8, 4) is 0 Å². The van der Waals surface area contributed by atoms with Gasteiger partial charge in [-0.15, -0.1) is 0 Å². The third-order valence-corrected chi connectivity index (χ3v) is 4.25. The minimum atomic E-state index is -0.137. The molecule has 0 aliphatic rings. The number of carbonyl (C=O) groups is 1. The van der Waals surface area contributed by atoms with Crippen LogP contribution in [-0.4, -0.2) is 10.7 Å². The Morgan fingerprint density at radius 1 is 1.60 bits per heavy atom. The Bertz CT molecular complexity index is 370. The molecular weight excluding hydrogens is 437 g/mol. The van der Waals surface area contributed by atoms with Gasteiger partial charge in [0.15, 0.2) is 0 Å². The van der Waals surface area contributed by atoms with Gasteiger partial charge in [0.05, 0.1) is 10.5 Å². The number of nitrogens with one attached hydrogen (secondary N) is 1. The maximum absolute atomic E-state index is 11.6. The van der Waals surface area contributed by atoms with Crippen molar-refractivity contribution in [3.63, 3.8) is 0 Å². The van der Waals surface area contributed by atoms with Gasteiger partial charge >= 0.3 is 0 Å². The summed E-state index contributed by atoms with van der Waals surface area (Å²) in [6.07, 6.45) is 0.771. The molecule has 1 atom stereocenters. The number of halogens is 3. The van der Waals surface area contributed by atoms with E-state index in [2.05, 4.69) is 59.8 Å². The van der Waals surface area contributed by atoms with Crippen LogP contribution in [0.3, 0.4) is 0 Å². The van der Waals surface area contributed by atoms with Gasteiger partial charge < -0.3 is 5.32 Å². The van der Waals surface area contributed by atoms with Crippen LogP contribution in [0.4, 0.5) is 5.69 Å². The van der Waals surface area contributed by atoms with E-state index in [9.17, 15) is 4.79 Å². The molecule has 15 heavy (non-hydrogen) atoms. The lowest BCUT2D eigenvalue weighted by molar-refractivity contribution is -0.115. The van der Waals surface area contributed by atoms with Crippen molar-refractivity contribution < 1.29 is 4.79 Å². The zero-order chi connectivity index (χ0) is 11.4. The van der Waals surface area contributed by atoms with Gasteiger partial charge in [-0.2, -0.15) is 0 Å². The number of carbonyl (C=O) groups excluding carboxylic acids is 1. The first kappa shape index (κ1) is 13.4. The van der Waals surface area contributed by atoms with Crippen molar-refractivity contribution in [1.82, 2.24) is 0 Å². The molecule has 1 amide bonds. The smallest absolute Gasteiger partial charge is 0.238 e. The number of rotatable bonds is 3. The van der Waals surface area contributed by atoms with Crippen LogP contribution in [0.15, 0.2) is 22.7 Å². The second-order valence-electron chi connectivity index (χ2n) is 2.99. The lowest BCUT2D eigenvalue weighted by Crippen LogP contribution is -2.22. The normalized spacial score (nSPS) is 12.3. The predicted molar refractivity (Wildman–Crippen MR) is 78.5 cm³/mol. The molecule has 1 aromatic carbocycles. The highest BCUT2D eigenvalue weighted by Gasteiger charge is 2.13. The van der Waals surface area contributed by atoms with Crippen LogP contribution in [-0.2, 0) is 4.79 Å². The van der Waals surface area contributed by atoms with Gasteiger partial charge in [-0.05, 0) is 63.1 Å². The van der Waals surface area contributed by atoms with Gasteiger partial charge in [0.1, 0.15) is 0 Å². The molecule has 0 aliphatic carbocycles. The minimum absolute atomic E-state index is 0.0137. The van der Waals surface area contributed by atoms with E-state index >= 15 is 0 Å². The van der Waals surface area contributed by atoms with Gasteiger partial charge in [-0.1, -0.05) is 22.9 Å². The molecule has 1 N–H and O–H groups in total. The van der Waals surface area contributed by atoms with Crippen LogP contribution in [0.1, 0.15) is 13.3 Å². The summed E-state index contributed by atoms with van der Waals surface area (Å²) < 4.78 is 1.99. The molecule has 82 valence electrons. The molecule has 0 radical (unpaired) electrons. The number of alkyl halides is 1. The Morgan fingerprint density at radius 2 is 2.27 bits per heavy atom. The zero-order valence-electron chi connectivity index (χ0n) is 8.06. The summed E-state index contributed by atoms with van der Waals surface area (Å²) in [6, 6.07) is 5.83. The Morgan fingerprint density at radius 3 is 2.87 bits per heavy atom. The van der Waals surface area contributed by atoms with Crippen LogP contribution in [0.5, 0.6) is 0 Å². The second-order valence-corrected chi connectivity index (χ2v) is 6.19. The van der Waals surface area contributed by atoms with Crippen molar-refractivity contribution in [3.05, 3.63) is 26.2 Å². The number of amides is 1. The molecule has 0 aliphatic heterocycles. The third kappa shape index (κ3) is 4.03. The second kappa shape index (κ2) is 6.20. The largest absolute Gasteiger partial charge is 0.324 e. The number of hydrogen-bond acceptors (Lipinski definition) is 1. The first-order valence-electron chi connectivity index (χ1n) is 4.44. The molecule has 0 spiro atoms. The highest BCUT2D eigenvalue weighted by Crippen LogP contribution is 2.25. The average molecular weight is 447 g/mol. The molecule has 5 heteroatoms. The standard InChI is InChI=1S/C10H10Br2INO/c1-2-7(11)10(15)14-9-5-6(13)3-4-8(9)12/h3-5,7H,2H2,1H3,(H,14,15). The molecule has 1 unspecified atom stereocenters. The van der Waals surface area contributed by atoms with Gasteiger partial charge in [0.25, 0.3) is 0 Å². The lowest BCUT2D eigenvalue weighted by atomic mass is 10.3. The minimum Gasteiger partial charge on any atom is -0.324 e. The average Bonchev–Trinajstić information content (AvgIpc) is 2.22. The summed E-state index contributed by atoms with van der Waals surface area (Å²) >= 11 is 8.92. The number of hydrogen-bond donors (Lipinski definition) is 1. The van der Waals surface area contributed by atoms with Crippen LogP contribution in [0, 0.1) is 3.57 Å². The molecule has 0 saturated heterocycles. The summed E-state index contributed by atoms with van der Waals surface area (Å²) in [5, 5.41) is 2.86. The van der Waals surface area contributed by atoms with Gasteiger partial charge in [-0.3, -0.25) is 4.79 Å². The van der Waals surface area contributed by atoms with E-state index in [0.29, 0.717) is 0 Å². The molecule has 2 nitrogen and oxygen atoms in total. The zero-order valence-corrected chi connectivity index (χ0v) is 13.4. The highest BCUT2D eigenvalue weighted by atomic mass is 127. The van der Waals surface area contributed by atoms with Crippen molar-refractivity contribution in [1.29, 1.82) is 0 Å². The Balaban J connectivity index is 2.80. The van der Waals surface area contributed by atoms with E-state index in [1.807, 2.05) is 25.1 Å². The summed E-state index contributed by atoms with van der Waals surface area (Å²) in [7, 11) is 0. The monoisotopic (exact) mass is 445 g/mol. The van der Waals surface area contributed by atoms with Crippen molar-refractivity contribution >= 4 is 66.0 Å². The van der Waals surface area contributed by atoms with Crippen LogP contribution in [0.2, 0.25) is 0 Å². The molecular formula is C10H10Br2INO. The first-order chi connectivity index (χ1) is 7.04. The lowest BCUT2D eigenvalue weighted by Gasteiger charge is -2.10. The van der Waals surface area contributed by atoms with Crippen LogP contribution >= 0.6 is 54.5 Å². The fourth-order valence-corrected chi connectivity index (χ4v) is 1.94. The number of benzene rings is 1. The van der Waals surface area contributed by atoms with Crippen molar-refractivity contribution in [2.24, 2.45) is 0 Å². The predicted octanol–water partition coefficient (Wildman–Crippen LogP) is 4.17. The number of anilines is 1. The van der Waals surface area contributed by atoms with E-state index in [1.54, 1.807) is 0 Å². The summed E-state index contributed by atoms with van der Waals surface area (Å²) in [5.41, 5.74) is 0.810. The summed E-state index contributed by atoms with van der Waals surface area (Å²) in [4.78, 5) is 11.5. The Hall–Kier alpha value is 0.380. The van der Waals surface area contributed by atoms with Gasteiger partial charge in [0.2, 0.25) is 5.91 Å². The maximum Gasteiger partial charge on any atom is 0.238 e. The van der Waals surface area contributed by atoms with Crippen molar-refractivity contribution in [2.75, 3.05) is 5.32 Å². The topological polar surface area (TPSA) is 29.1 Å². The third-order valence-electron chi connectivity index (χ3n) is 1.83. The molecule has 0 bridgehead atoms. The summed E-state index contributed by atoms with van der Waals surface area (Å²) in [5.74, 6) is -0.0137. The van der Waals surface area contributed by atoms with Crippen LogP contribution in [0.25, 0.3) is 0 Å². The Labute approximate surface area is 120 Å². The summed E-state index contributed by atoms with van der Waals surface area (Å²) in [6.45, 7) is 1.96. The van der Waals surface area contributed by atoms with Crippen molar-refractivity contribution in [2.45, 2.75) is 18.2 Å². The van der Waals surface area contributed by atoms with E-state index in [4.69, 9.17) is 0 Å². The molecule has 1 aromatic rings. The fraction of sp³-hybridized carbons (Fsp3) is 0.300. The SMILES string of the molecule is CCC(Br)C(=O)Nc1cc(I)ccc1Br. The van der Waals surface area contributed by atoms with E-state index < -0.39 is 0 Å². The molecule has 0 saturated carbocycles. The highest BCUT2D eigenvalue weighted by molar-refractivity contribution is 14.1. The van der Waals surface area contributed by atoms with Gasteiger partial charge in [0, 0.05) is 8.04 Å². The van der Waals surface area contributed by atoms with E-state index in [1.165, 1.54) is 0 Å². The fourth-order valence-electron chi connectivity index (χ4n) is 0.990. The molecule has 0 aromatic heterocycles. The maximum atomic E-state index is 11.6. The first-order valence-corrected chi connectivity index (χ1v) is 7.23. The Kier molecular flexibility index (Phi) is 5.56.